The first-order valence-electron chi connectivity index (χ1n) is 5.19. The fraction of sp³-hybridized carbons (Fsp3) is 0.167. The quantitative estimate of drug-likeness (QED) is 0.670. The van der Waals surface area contributed by atoms with Gasteiger partial charge in [0.25, 0.3) is 0 Å². The highest BCUT2D eigenvalue weighted by Crippen LogP contribution is 2.34. The molecular formula is C12H11ClF2N2S. The van der Waals surface area contributed by atoms with Crippen LogP contribution in [0.3, 0.4) is 0 Å². The number of hydrazine groups is 1. The SMILES string of the molecule is Cc1ccc(C(NN)c2sccc2Cl)c(F)c1F. The van der Waals surface area contributed by atoms with E-state index in [2.05, 4.69) is 5.43 Å². The molecule has 1 heterocycles. The van der Waals surface area contributed by atoms with E-state index in [-0.39, 0.29) is 11.1 Å². The summed E-state index contributed by atoms with van der Waals surface area (Å²) in [5, 5.41) is 2.24. The summed E-state index contributed by atoms with van der Waals surface area (Å²) in [4.78, 5) is 0.654. The van der Waals surface area contributed by atoms with Crippen molar-refractivity contribution in [2.45, 2.75) is 13.0 Å². The molecule has 0 aliphatic rings. The zero-order chi connectivity index (χ0) is 13.3. The molecule has 0 amide bonds. The van der Waals surface area contributed by atoms with Crippen LogP contribution in [0.25, 0.3) is 0 Å². The van der Waals surface area contributed by atoms with Gasteiger partial charge in [0.2, 0.25) is 0 Å². The number of benzene rings is 1. The van der Waals surface area contributed by atoms with E-state index in [9.17, 15) is 8.78 Å². The van der Waals surface area contributed by atoms with Crippen molar-refractivity contribution in [3.8, 4) is 0 Å². The van der Waals surface area contributed by atoms with Gasteiger partial charge in [-0.25, -0.2) is 14.2 Å². The summed E-state index contributed by atoms with van der Waals surface area (Å²) in [5.41, 5.74) is 2.87. The maximum atomic E-state index is 13.9. The molecule has 0 saturated heterocycles. The first-order valence-corrected chi connectivity index (χ1v) is 6.45. The van der Waals surface area contributed by atoms with E-state index >= 15 is 0 Å². The number of thiophene rings is 1. The third-order valence-corrected chi connectivity index (χ3v) is 4.11. The van der Waals surface area contributed by atoms with Gasteiger partial charge >= 0.3 is 0 Å². The smallest absolute Gasteiger partial charge is 0.164 e. The van der Waals surface area contributed by atoms with E-state index in [4.69, 9.17) is 17.4 Å². The lowest BCUT2D eigenvalue weighted by Gasteiger charge is -2.17. The van der Waals surface area contributed by atoms with Crippen LogP contribution < -0.4 is 11.3 Å². The van der Waals surface area contributed by atoms with E-state index in [1.165, 1.54) is 30.4 Å². The average molecular weight is 289 g/mol. The summed E-state index contributed by atoms with van der Waals surface area (Å²) in [6.07, 6.45) is 0. The zero-order valence-electron chi connectivity index (χ0n) is 9.51. The summed E-state index contributed by atoms with van der Waals surface area (Å²) in [7, 11) is 0. The summed E-state index contributed by atoms with van der Waals surface area (Å²) < 4.78 is 27.5. The number of hydrogen-bond acceptors (Lipinski definition) is 3. The van der Waals surface area contributed by atoms with Crippen molar-refractivity contribution >= 4 is 22.9 Å². The van der Waals surface area contributed by atoms with Gasteiger partial charge in [-0.2, -0.15) is 0 Å². The Hall–Kier alpha value is -1.01. The molecule has 2 nitrogen and oxygen atoms in total. The molecule has 1 aromatic heterocycles. The molecule has 1 atom stereocenters. The van der Waals surface area contributed by atoms with Crippen molar-refractivity contribution in [3.63, 3.8) is 0 Å². The zero-order valence-corrected chi connectivity index (χ0v) is 11.1. The van der Waals surface area contributed by atoms with Gasteiger partial charge in [-0.05, 0) is 23.9 Å². The maximum absolute atomic E-state index is 13.9. The molecule has 0 aliphatic heterocycles. The Labute approximate surface area is 112 Å². The molecule has 3 N–H and O–H groups in total. The van der Waals surface area contributed by atoms with Gasteiger partial charge in [0.15, 0.2) is 11.6 Å². The van der Waals surface area contributed by atoms with E-state index < -0.39 is 17.7 Å². The Morgan fingerprint density at radius 3 is 2.56 bits per heavy atom. The molecule has 1 unspecified atom stereocenters. The molecule has 1 aromatic carbocycles. The van der Waals surface area contributed by atoms with Crippen LogP contribution in [0, 0.1) is 18.6 Å². The molecular weight excluding hydrogens is 278 g/mol. The van der Waals surface area contributed by atoms with Gasteiger partial charge in [0.1, 0.15) is 0 Å². The first-order chi connectivity index (χ1) is 8.56. The van der Waals surface area contributed by atoms with Crippen LogP contribution in [0.2, 0.25) is 5.02 Å². The fourth-order valence-electron chi connectivity index (χ4n) is 1.70. The Balaban J connectivity index is 2.53. The lowest BCUT2D eigenvalue weighted by atomic mass is 10.0. The lowest BCUT2D eigenvalue weighted by molar-refractivity contribution is 0.480. The highest BCUT2D eigenvalue weighted by molar-refractivity contribution is 7.10. The molecule has 18 heavy (non-hydrogen) atoms. The predicted molar refractivity (Wildman–Crippen MR) is 69.6 cm³/mol. The average Bonchev–Trinajstić information content (AvgIpc) is 2.77. The minimum atomic E-state index is -0.901. The van der Waals surface area contributed by atoms with E-state index in [1.54, 1.807) is 11.4 Å². The standard InChI is InChI=1S/C12H11ClF2N2S/c1-6-2-3-7(10(15)9(6)14)11(17-16)12-8(13)4-5-18-12/h2-5,11,17H,16H2,1H3. The largest absolute Gasteiger partial charge is 0.271 e. The summed E-state index contributed by atoms with van der Waals surface area (Å²) >= 11 is 7.32. The Bertz CT molecular complexity index is 571. The van der Waals surface area contributed by atoms with Crippen molar-refractivity contribution in [1.82, 2.24) is 5.43 Å². The van der Waals surface area contributed by atoms with Crippen LogP contribution >= 0.6 is 22.9 Å². The van der Waals surface area contributed by atoms with Crippen LogP contribution in [0.4, 0.5) is 8.78 Å². The summed E-state index contributed by atoms with van der Waals surface area (Å²) in [6, 6.07) is 4.05. The molecule has 0 radical (unpaired) electrons. The van der Waals surface area contributed by atoms with Gasteiger partial charge in [0.05, 0.1) is 11.1 Å². The number of rotatable bonds is 3. The van der Waals surface area contributed by atoms with Gasteiger partial charge in [-0.1, -0.05) is 23.7 Å². The van der Waals surface area contributed by atoms with Crippen LogP contribution in [0.1, 0.15) is 22.0 Å². The molecule has 2 aromatic rings. The highest BCUT2D eigenvalue weighted by Gasteiger charge is 2.22. The molecule has 0 saturated carbocycles. The van der Waals surface area contributed by atoms with Crippen LogP contribution in [0.15, 0.2) is 23.6 Å². The number of aryl methyl sites for hydroxylation is 1. The van der Waals surface area contributed by atoms with Crippen LogP contribution in [-0.2, 0) is 0 Å². The summed E-state index contributed by atoms with van der Waals surface area (Å²) in [5.74, 6) is 3.67. The number of nitrogens with two attached hydrogens (primary N) is 1. The second-order valence-electron chi connectivity index (χ2n) is 3.83. The normalized spacial score (nSPS) is 12.7. The fourth-order valence-corrected chi connectivity index (χ4v) is 2.94. The lowest BCUT2D eigenvalue weighted by Crippen LogP contribution is -2.29. The second-order valence-corrected chi connectivity index (χ2v) is 5.19. The number of hydrogen-bond donors (Lipinski definition) is 2. The third kappa shape index (κ3) is 2.27. The van der Waals surface area contributed by atoms with Gasteiger partial charge in [0, 0.05) is 10.4 Å². The first kappa shape index (κ1) is 13.4. The predicted octanol–water partition coefficient (Wildman–Crippen LogP) is 3.54. The van der Waals surface area contributed by atoms with Crippen LogP contribution in [0.5, 0.6) is 0 Å². The van der Waals surface area contributed by atoms with Crippen LogP contribution in [-0.4, -0.2) is 0 Å². The molecule has 0 spiro atoms. The van der Waals surface area contributed by atoms with Crippen molar-refractivity contribution < 1.29 is 8.78 Å². The Kier molecular flexibility index (Phi) is 3.97. The molecule has 0 fully saturated rings. The van der Waals surface area contributed by atoms with Crippen molar-refractivity contribution in [2.24, 2.45) is 5.84 Å². The highest BCUT2D eigenvalue weighted by atomic mass is 35.5. The monoisotopic (exact) mass is 288 g/mol. The van der Waals surface area contributed by atoms with Crippen molar-refractivity contribution in [1.29, 1.82) is 0 Å². The molecule has 96 valence electrons. The van der Waals surface area contributed by atoms with E-state index in [0.29, 0.717) is 9.90 Å². The number of nitrogens with one attached hydrogen (secondary N) is 1. The van der Waals surface area contributed by atoms with Crippen molar-refractivity contribution in [3.05, 3.63) is 56.2 Å². The topological polar surface area (TPSA) is 38.0 Å². The van der Waals surface area contributed by atoms with Gasteiger partial charge in [-0.15, -0.1) is 11.3 Å². The minimum Gasteiger partial charge on any atom is -0.271 e. The Morgan fingerprint density at radius 2 is 2.00 bits per heavy atom. The summed E-state index contributed by atoms with van der Waals surface area (Å²) in [6.45, 7) is 1.51. The molecule has 2 rings (SSSR count). The molecule has 6 heteroatoms. The molecule has 0 bridgehead atoms. The molecule has 0 aliphatic carbocycles. The number of halogens is 3. The van der Waals surface area contributed by atoms with Crippen molar-refractivity contribution in [2.75, 3.05) is 0 Å². The van der Waals surface area contributed by atoms with Gasteiger partial charge < -0.3 is 0 Å². The third-order valence-electron chi connectivity index (χ3n) is 2.69. The Morgan fingerprint density at radius 1 is 1.28 bits per heavy atom. The van der Waals surface area contributed by atoms with E-state index in [1.807, 2.05) is 0 Å². The van der Waals surface area contributed by atoms with E-state index in [0.717, 1.165) is 0 Å². The second kappa shape index (κ2) is 5.32. The maximum Gasteiger partial charge on any atom is 0.164 e. The minimum absolute atomic E-state index is 0.143. The van der Waals surface area contributed by atoms with Gasteiger partial charge in [-0.3, -0.25) is 5.84 Å².